The first-order chi connectivity index (χ1) is 11.5. The maximum atomic E-state index is 12.3. The first kappa shape index (κ1) is 18.2. The van der Waals surface area contributed by atoms with Crippen LogP contribution in [-0.2, 0) is 22.5 Å². The van der Waals surface area contributed by atoms with Crippen LogP contribution in [0.4, 0.5) is 4.79 Å². The zero-order chi connectivity index (χ0) is 17.5. The lowest BCUT2D eigenvalue weighted by atomic mass is 9.97. The van der Waals surface area contributed by atoms with Crippen LogP contribution in [0, 0.1) is 5.92 Å². The molecule has 2 rings (SSSR count). The van der Waals surface area contributed by atoms with Crippen molar-refractivity contribution in [3.8, 4) is 0 Å². The first-order valence-corrected chi connectivity index (χ1v) is 8.05. The van der Waals surface area contributed by atoms with E-state index in [0.717, 1.165) is 12.8 Å². The molecule has 1 aliphatic rings. The summed E-state index contributed by atoms with van der Waals surface area (Å²) in [4.78, 5) is 31.8. The highest BCUT2D eigenvalue weighted by atomic mass is 16.5. The fourth-order valence-corrected chi connectivity index (χ4v) is 2.61. The number of rotatable bonds is 6. The molecule has 1 aliphatic heterocycles. The third-order valence-electron chi connectivity index (χ3n) is 3.90. The normalized spacial score (nSPS) is 17.6. The minimum atomic E-state index is -0.206. The van der Waals surface area contributed by atoms with Gasteiger partial charge in [0.1, 0.15) is 0 Å². The van der Waals surface area contributed by atoms with Crippen molar-refractivity contribution in [1.29, 1.82) is 0 Å². The molecule has 1 fully saturated rings. The topological polar surface area (TPSA) is 101 Å². The van der Waals surface area contributed by atoms with E-state index in [1.165, 1.54) is 4.90 Å². The van der Waals surface area contributed by atoms with E-state index in [0.29, 0.717) is 37.8 Å². The maximum absolute atomic E-state index is 12.3. The molecule has 2 heterocycles. The number of carbonyl (C=O) groups excluding carboxylic acids is 2. The van der Waals surface area contributed by atoms with Crippen molar-refractivity contribution in [2.45, 2.75) is 25.8 Å². The number of ether oxygens (including phenoxy) is 1. The van der Waals surface area contributed by atoms with E-state index >= 15 is 0 Å². The summed E-state index contributed by atoms with van der Waals surface area (Å²) < 4.78 is 10.0. The molecule has 1 N–H and O–H groups in total. The average molecular weight is 339 g/mol. The zero-order valence-electron chi connectivity index (χ0n) is 14.4. The van der Waals surface area contributed by atoms with Gasteiger partial charge in [0.05, 0.1) is 25.5 Å². The van der Waals surface area contributed by atoms with E-state index in [2.05, 4.69) is 15.5 Å². The van der Waals surface area contributed by atoms with Gasteiger partial charge in [0.25, 0.3) is 0 Å². The highest BCUT2D eigenvalue weighted by Gasteiger charge is 2.29. The first-order valence-electron chi connectivity index (χ1n) is 8.05. The summed E-state index contributed by atoms with van der Waals surface area (Å²) in [5.74, 6) is 0.630. The number of urea groups is 1. The Morgan fingerprint density at radius 2 is 2.25 bits per heavy atom. The van der Waals surface area contributed by atoms with E-state index in [9.17, 15) is 9.59 Å². The summed E-state index contributed by atoms with van der Waals surface area (Å²) in [6, 6.07) is -0.0616. The van der Waals surface area contributed by atoms with Gasteiger partial charge >= 0.3 is 6.03 Å². The van der Waals surface area contributed by atoms with Gasteiger partial charge in [-0.15, -0.1) is 0 Å². The molecule has 0 spiro atoms. The summed E-state index contributed by atoms with van der Waals surface area (Å²) in [6.45, 7) is 1.85. The van der Waals surface area contributed by atoms with Crippen molar-refractivity contribution in [2.75, 3.05) is 40.9 Å². The van der Waals surface area contributed by atoms with Crippen LogP contribution in [0.2, 0.25) is 0 Å². The quantitative estimate of drug-likeness (QED) is 0.798. The Labute approximate surface area is 141 Å². The summed E-state index contributed by atoms with van der Waals surface area (Å²) >= 11 is 0. The monoisotopic (exact) mass is 339 g/mol. The molecule has 0 saturated carbocycles. The number of hydrogen-bond acceptors (Lipinski definition) is 6. The van der Waals surface area contributed by atoms with Gasteiger partial charge in [-0.2, -0.15) is 4.98 Å². The van der Waals surface area contributed by atoms with Crippen LogP contribution >= 0.6 is 0 Å². The van der Waals surface area contributed by atoms with Crippen LogP contribution in [0.25, 0.3) is 0 Å². The standard InChI is InChI=1S/C15H25N5O4/c1-19(2)15(22)20-7-4-5-11(10-20)14(21)16-9-12-17-13(24-18-12)6-8-23-3/h11H,4-10H2,1-3H3,(H,16,21)/t11-/m0/s1. The van der Waals surface area contributed by atoms with Gasteiger partial charge in [0, 0.05) is 34.3 Å². The molecule has 24 heavy (non-hydrogen) atoms. The number of aromatic nitrogens is 2. The minimum Gasteiger partial charge on any atom is -0.384 e. The average Bonchev–Trinajstić information content (AvgIpc) is 3.05. The van der Waals surface area contributed by atoms with Gasteiger partial charge in [0.2, 0.25) is 11.8 Å². The molecular formula is C15H25N5O4. The van der Waals surface area contributed by atoms with E-state index in [4.69, 9.17) is 9.26 Å². The van der Waals surface area contributed by atoms with Gasteiger partial charge in [-0.3, -0.25) is 4.79 Å². The van der Waals surface area contributed by atoms with Crippen LogP contribution in [-0.4, -0.2) is 72.8 Å². The number of piperidine rings is 1. The molecule has 9 nitrogen and oxygen atoms in total. The number of amides is 3. The Morgan fingerprint density at radius 3 is 2.96 bits per heavy atom. The van der Waals surface area contributed by atoms with E-state index in [1.807, 2.05) is 0 Å². The molecule has 9 heteroatoms. The lowest BCUT2D eigenvalue weighted by Gasteiger charge is -2.33. The van der Waals surface area contributed by atoms with E-state index in [-0.39, 0.29) is 24.4 Å². The third-order valence-corrected chi connectivity index (χ3v) is 3.90. The molecule has 1 atom stereocenters. The molecule has 0 radical (unpaired) electrons. The zero-order valence-corrected chi connectivity index (χ0v) is 14.4. The van der Waals surface area contributed by atoms with Crippen LogP contribution in [0.1, 0.15) is 24.6 Å². The van der Waals surface area contributed by atoms with Crippen LogP contribution in [0.3, 0.4) is 0 Å². The molecule has 1 aromatic heterocycles. The Morgan fingerprint density at radius 1 is 1.46 bits per heavy atom. The lowest BCUT2D eigenvalue weighted by molar-refractivity contribution is -0.126. The van der Waals surface area contributed by atoms with Gasteiger partial charge in [-0.1, -0.05) is 5.16 Å². The minimum absolute atomic E-state index is 0.0616. The second-order valence-electron chi connectivity index (χ2n) is 6.03. The van der Waals surface area contributed by atoms with Crippen LogP contribution in [0.15, 0.2) is 4.52 Å². The van der Waals surface area contributed by atoms with E-state index < -0.39 is 0 Å². The molecule has 0 unspecified atom stereocenters. The van der Waals surface area contributed by atoms with E-state index in [1.54, 1.807) is 26.1 Å². The number of carbonyl (C=O) groups is 2. The number of nitrogens with zero attached hydrogens (tertiary/aromatic N) is 4. The largest absolute Gasteiger partial charge is 0.384 e. The van der Waals surface area contributed by atoms with Gasteiger partial charge < -0.3 is 24.4 Å². The number of hydrogen-bond donors (Lipinski definition) is 1. The van der Waals surface area contributed by atoms with Gasteiger partial charge in [-0.25, -0.2) is 4.79 Å². The lowest BCUT2D eigenvalue weighted by Crippen LogP contribution is -2.48. The molecule has 3 amide bonds. The summed E-state index contributed by atoms with van der Waals surface area (Å²) in [5.41, 5.74) is 0. The van der Waals surface area contributed by atoms with Crippen molar-refractivity contribution >= 4 is 11.9 Å². The van der Waals surface area contributed by atoms with Gasteiger partial charge in [0.15, 0.2) is 5.82 Å². The highest BCUT2D eigenvalue weighted by Crippen LogP contribution is 2.17. The van der Waals surface area contributed by atoms with Crippen molar-refractivity contribution in [3.63, 3.8) is 0 Å². The molecule has 0 aliphatic carbocycles. The number of methoxy groups -OCH3 is 1. The predicted molar refractivity (Wildman–Crippen MR) is 85.1 cm³/mol. The van der Waals surface area contributed by atoms with Crippen LogP contribution in [0.5, 0.6) is 0 Å². The second-order valence-corrected chi connectivity index (χ2v) is 6.03. The van der Waals surface area contributed by atoms with Crippen LogP contribution < -0.4 is 5.32 Å². The Hall–Kier alpha value is -2.16. The molecule has 1 saturated heterocycles. The predicted octanol–water partition coefficient (Wildman–Crippen LogP) is 0.268. The number of nitrogens with one attached hydrogen (secondary N) is 1. The smallest absolute Gasteiger partial charge is 0.319 e. The number of likely N-dealkylation sites (tertiary alicyclic amines) is 1. The van der Waals surface area contributed by atoms with Crippen molar-refractivity contribution < 1.29 is 18.8 Å². The second kappa shape index (κ2) is 8.62. The SMILES string of the molecule is COCCc1nc(CNC(=O)[C@H]2CCCN(C(=O)N(C)C)C2)no1. The molecule has 0 bridgehead atoms. The Balaban J connectivity index is 1.81. The summed E-state index contributed by atoms with van der Waals surface area (Å²) in [5, 5.41) is 6.65. The third kappa shape index (κ3) is 4.92. The summed E-state index contributed by atoms with van der Waals surface area (Å²) in [6.07, 6.45) is 2.14. The highest BCUT2D eigenvalue weighted by molar-refractivity contribution is 5.80. The van der Waals surface area contributed by atoms with Crippen molar-refractivity contribution in [3.05, 3.63) is 11.7 Å². The van der Waals surface area contributed by atoms with Crippen molar-refractivity contribution in [2.24, 2.45) is 5.92 Å². The summed E-state index contributed by atoms with van der Waals surface area (Å²) in [7, 11) is 5.03. The van der Waals surface area contributed by atoms with Gasteiger partial charge in [-0.05, 0) is 12.8 Å². The fraction of sp³-hybridized carbons (Fsp3) is 0.733. The molecule has 0 aromatic carbocycles. The Bertz CT molecular complexity index is 560. The maximum Gasteiger partial charge on any atom is 0.319 e. The Kier molecular flexibility index (Phi) is 6.53. The fourth-order valence-electron chi connectivity index (χ4n) is 2.61. The molecule has 134 valence electrons. The molecular weight excluding hydrogens is 314 g/mol. The molecule has 1 aromatic rings. The van der Waals surface area contributed by atoms with Crippen molar-refractivity contribution in [1.82, 2.24) is 25.3 Å².